The van der Waals surface area contributed by atoms with Crippen LogP contribution in [-0.4, -0.2) is 18.4 Å². The Morgan fingerprint density at radius 3 is 2.57 bits per heavy atom. The molecule has 0 N–H and O–H groups in total. The fourth-order valence-electron chi connectivity index (χ4n) is 2.16. The quantitative estimate of drug-likeness (QED) is 0.441. The van der Waals surface area contributed by atoms with Gasteiger partial charge in [-0.25, -0.2) is 0 Å². The Balaban J connectivity index is 0.000000461. The van der Waals surface area contributed by atoms with E-state index in [9.17, 15) is 9.59 Å². The molecule has 0 aromatic carbocycles. The molecule has 3 nitrogen and oxygen atoms in total. The van der Waals surface area contributed by atoms with E-state index in [4.69, 9.17) is 4.74 Å². The molecule has 1 saturated heterocycles. The van der Waals surface area contributed by atoms with E-state index in [2.05, 4.69) is 0 Å². The second-order valence-corrected chi connectivity index (χ2v) is 3.55. The van der Waals surface area contributed by atoms with E-state index in [0.29, 0.717) is 13.0 Å². The Kier molecular flexibility index (Phi) is 4.11. The van der Waals surface area contributed by atoms with Crippen molar-refractivity contribution in [2.24, 2.45) is 11.8 Å². The van der Waals surface area contributed by atoms with Crippen LogP contribution >= 0.6 is 0 Å². The van der Waals surface area contributed by atoms with Gasteiger partial charge in [0.25, 0.3) is 0 Å². The molecule has 80 valence electrons. The molecule has 0 amide bonds. The molecule has 0 bridgehead atoms. The summed E-state index contributed by atoms with van der Waals surface area (Å²) in [4.78, 5) is 22.5. The summed E-state index contributed by atoms with van der Waals surface area (Å²) in [6, 6.07) is 0. The average Bonchev–Trinajstić information content (AvgIpc) is 2.21. The van der Waals surface area contributed by atoms with Gasteiger partial charge in [0.15, 0.2) is 0 Å². The second-order valence-electron chi connectivity index (χ2n) is 3.55. The van der Waals surface area contributed by atoms with E-state index in [1.807, 2.05) is 13.8 Å². The number of esters is 1. The number of cyclic esters (lactones) is 1. The number of carbonyl (C=O) groups excluding carboxylic acids is 2. The monoisotopic (exact) mass is 198 g/mol. The van der Waals surface area contributed by atoms with E-state index in [1.165, 1.54) is 0 Å². The highest BCUT2D eigenvalue weighted by Gasteiger charge is 2.40. The average molecular weight is 198 g/mol. The fraction of sp³-hybridized carbons (Fsp3) is 0.818. The minimum Gasteiger partial charge on any atom is -0.465 e. The van der Waals surface area contributed by atoms with Gasteiger partial charge >= 0.3 is 5.97 Å². The predicted molar refractivity (Wildman–Crippen MR) is 52.8 cm³/mol. The maximum atomic E-state index is 11.3. The summed E-state index contributed by atoms with van der Waals surface area (Å²) in [5.41, 5.74) is 0. The van der Waals surface area contributed by atoms with Gasteiger partial charge in [-0.2, -0.15) is 0 Å². The molecule has 1 aliphatic heterocycles. The Morgan fingerprint density at radius 2 is 1.93 bits per heavy atom. The number of fused-ring (bicyclic) bond motifs is 1. The Labute approximate surface area is 84.8 Å². The lowest BCUT2D eigenvalue weighted by molar-refractivity contribution is -0.162. The van der Waals surface area contributed by atoms with Crippen molar-refractivity contribution in [3.63, 3.8) is 0 Å². The van der Waals surface area contributed by atoms with Crippen LogP contribution in [-0.2, 0) is 14.3 Å². The van der Waals surface area contributed by atoms with E-state index >= 15 is 0 Å². The van der Waals surface area contributed by atoms with Crippen molar-refractivity contribution in [1.29, 1.82) is 0 Å². The third-order valence-corrected chi connectivity index (χ3v) is 2.80. The number of ether oxygens (including phenoxy) is 1. The number of hydrogen-bond acceptors (Lipinski definition) is 3. The molecule has 0 aromatic heterocycles. The molecule has 14 heavy (non-hydrogen) atoms. The number of Topliss-reactive ketones (excluding diaryl/α,β-unsaturated/α-hetero) is 1. The highest BCUT2D eigenvalue weighted by Crippen LogP contribution is 2.33. The molecule has 2 atom stereocenters. The topological polar surface area (TPSA) is 43.4 Å². The molecule has 0 radical (unpaired) electrons. The van der Waals surface area contributed by atoms with Gasteiger partial charge in [0.05, 0.1) is 6.61 Å². The van der Waals surface area contributed by atoms with Gasteiger partial charge in [-0.05, 0) is 25.2 Å². The maximum absolute atomic E-state index is 11.3. The van der Waals surface area contributed by atoms with Crippen LogP contribution < -0.4 is 0 Å². The summed E-state index contributed by atoms with van der Waals surface area (Å²) in [7, 11) is 0. The number of ketones is 1. The van der Waals surface area contributed by atoms with Crippen molar-refractivity contribution in [3.05, 3.63) is 0 Å². The minimum absolute atomic E-state index is 0.0935. The van der Waals surface area contributed by atoms with E-state index in [1.54, 1.807) is 0 Å². The third-order valence-electron chi connectivity index (χ3n) is 2.80. The van der Waals surface area contributed by atoms with Crippen molar-refractivity contribution in [2.45, 2.75) is 39.5 Å². The van der Waals surface area contributed by atoms with Crippen molar-refractivity contribution in [2.75, 3.05) is 6.61 Å². The Hall–Kier alpha value is -0.860. The molecule has 3 heteroatoms. The van der Waals surface area contributed by atoms with Gasteiger partial charge < -0.3 is 4.74 Å². The van der Waals surface area contributed by atoms with Crippen molar-refractivity contribution in [1.82, 2.24) is 0 Å². The van der Waals surface area contributed by atoms with E-state index in [-0.39, 0.29) is 17.7 Å². The summed E-state index contributed by atoms with van der Waals surface area (Å²) in [5.74, 6) is -0.313. The fourth-order valence-corrected chi connectivity index (χ4v) is 2.16. The first-order chi connectivity index (χ1) is 6.79. The van der Waals surface area contributed by atoms with Crippen molar-refractivity contribution >= 4 is 11.8 Å². The number of rotatable bonds is 0. The van der Waals surface area contributed by atoms with Gasteiger partial charge in [-0.3, -0.25) is 9.59 Å². The normalized spacial score (nSPS) is 31.0. The van der Waals surface area contributed by atoms with Gasteiger partial charge in [-0.1, -0.05) is 13.8 Å². The van der Waals surface area contributed by atoms with Crippen molar-refractivity contribution < 1.29 is 14.3 Å². The molecule has 0 aromatic rings. The molecule has 1 saturated carbocycles. The van der Waals surface area contributed by atoms with Gasteiger partial charge in [-0.15, -0.1) is 0 Å². The minimum atomic E-state index is -0.410. The van der Waals surface area contributed by atoms with E-state index in [0.717, 1.165) is 19.3 Å². The lowest BCUT2D eigenvalue weighted by Crippen LogP contribution is -2.40. The molecule has 1 aliphatic carbocycles. The zero-order valence-electron chi connectivity index (χ0n) is 8.91. The van der Waals surface area contributed by atoms with Crippen LogP contribution in [0.4, 0.5) is 0 Å². The SMILES string of the molecule is CC.O=C1CCCC2CCOC(=O)C12. The maximum Gasteiger partial charge on any atom is 0.316 e. The van der Waals surface area contributed by atoms with Crippen LogP contribution in [0.2, 0.25) is 0 Å². The summed E-state index contributed by atoms with van der Waals surface area (Å²) in [5, 5.41) is 0. The van der Waals surface area contributed by atoms with Gasteiger partial charge in [0.2, 0.25) is 0 Å². The lowest BCUT2D eigenvalue weighted by Gasteiger charge is -2.32. The number of carbonyl (C=O) groups is 2. The summed E-state index contributed by atoms with van der Waals surface area (Å²) in [6.07, 6.45) is 3.41. The van der Waals surface area contributed by atoms with Crippen LogP contribution in [0.3, 0.4) is 0 Å². The molecular weight excluding hydrogens is 180 g/mol. The van der Waals surface area contributed by atoms with Crippen LogP contribution in [0.5, 0.6) is 0 Å². The van der Waals surface area contributed by atoms with Crippen LogP contribution in [0.25, 0.3) is 0 Å². The largest absolute Gasteiger partial charge is 0.465 e. The number of hydrogen-bond donors (Lipinski definition) is 0. The molecule has 2 aliphatic rings. The molecule has 0 spiro atoms. The van der Waals surface area contributed by atoms with Crippen LogP contribution in [0.1, 0.15) is 39.5 Å². The van der Waals surface area contributed by atoms with Crippen LogP contribution in [0.15, 0.2) is 0 Å². The molecule has 1 heterocycles. The lowest BCUT2D eigenvalue weighted by atomic mass is 9.76. The Morgan fingerprint density at radius 1 is 1.21 bits per heavy atom. The zero-order valence-corrected chi connectivity index (χ0v) is 8.91. The van der Waals surface area contributed by atoms with Crippen LogP contribution in [0, 0.1) is 11.8 Å². The summed E-state index contributed by atoms with van der Waals surface area (Å²) >= 11 is 0. The smallest absolute Gasteiger partial charge is 0.316 e. The highest BCUT2D eigenvalue weighted by molar-refractivity contribution is 6.00. The van der Waals surface area contributed by atoms with Gasteiger partial charge in [0, 0.05) is 6.42 Å². The third kappa shape index (κ3) is 2.14. The summed E-state index contributed by atoms with van der Waals surface area (Å²) in [6.45, 7) is 4.51. The molecule has 2 fully saturated rings. The predicted octanol–water partition coefficient (Wildman–Crippen LogP) is 1.94. The highest BCUT2D eigenvalue weighted by atomic mass is 16.5. The molecule has 2 unspecified atom stereocenters. The zero-order chi connectivity index (χ0) is 10.6. The standard InChI is InChI=1S/C9H12O3.C2H6/c10-7-3-1-2-6-4-5-12-9(11)8(6)7;1-2/h6,8H,1-5H2;1-2H3. The first-order valence-electron chi connectivity index (χ1n) is 5.48. The Bertz CT molecular complexity index is 201. The summed E-state index contributed by atoms with van der Waals surface area (Å²) < 4.78 is 4.86. The first kappa shape index (κ1) is 11.2. The van der Waals surface area contributed by atoms with E-state index < -0.39 is 5.92 Å². The molecular formula is C11H18O3. The second kappa shape index (κ2) is 5.13. The molecule has 2 rings (SSSR count). The van der Waals surface area contributed by atoms with Gasteiger partial charge in [0.1, 0.15) is 11.7 Å². The first-order valence-corrected chi connectivity index (χ1v) is 5.48. The van der Waals surface area contributed by atoms with Crippen molar-refractivity contribution in [3.8, 4) is 0 Å².